The van der Waals surface area contributed by atoms with Crippen LogP contribution in [0.2, 0.25) is 10.0 Å². The molecule has 0 saturated carbocycles. The Hall–Kier alpha value is -4.06. The lowest BCUT2D eigenvalue weighted by Crippen LogP contribution is -2.29. The van der Waals surface area contributed by atoms with Crippen LogP contribution >= 0.6 is 23.2 Å². The smallest absolute Gasteiger partial charge is 0.336 e. The molecule has 40 heavy (non-hydrogen) atoms. The molecular formula is C33H25Cl2NO4. The van der Waals surface area contributed by atoms with Crippen molar-refractivity contribution in [3.63, 3.8) is 0 Å². The fourth-order valence-electron chi connectivity index (χ4n) is 5.51. The number of carbonyl (C=O) groups is 2. The molecular weight excluding hydrogens is 545 g/mol. The van der Waals surface area contributed by atoms with Crippen LogP contribution in [-0.2, 0) is 16.1 Å². The zero-order valence-corrected chi connectivity index (χ0v) is 23.4. The van der Waals surface area contributed by atoms with Crippen molar-refractivity contribution in [3.05, 3.63) is 128 Å². The summed E-state index contributed by atoms with van der Waals surface area (Å²) in [6.45, 7) is 4.02. The van der Waals surface area contributed by atoms with Crippen molar-refractivity contribution in [3.8, 4) is 5.75 Å². The average molecular weight is 570 g/mol. The first-order valence-electron chi connectivity index (χ1n) is 13.0. The summed E-state index contributed by atoms with van der Waals surface area (Å²) in [6.07, 6.45) is 0. The van der Waals surface area contributed by atoms with Gasteiger partial charge in [0.15, 0.2) is 11.5 Å². The predicted molar refractivity (Wildman–Crippen MR) is 158 cm³/mol. The number of benzene rings is 4. The topological polar surface area (TPSA) is 64.6 Å². The fourth-order valence-corrected chi connectivity index (χ4v) is 6.12. The van der Waals surface area contributed by atoms with Crippen LogP contribution < -0.4 is 10.1 Å². The van der Waals surface area contributed by atoms with E-state index in [1.807, 2.05) is 42.5 Å². The lowest BCUT2D eigenvalue weighted by molar-refractivity contribution is -0.138. The van der Waals surface area contributed by atoms with Gasteiger partial charge < -0.3 is 14.8 Å². The molecule has 0 amide bonds. The standard InChI is InChI=1S/C33H25Cl2NO4/c1-3-39-33(38)27-18(2)36-30-23-10-6-7-11-24(23)31(37)29(30)28(27)22-15-25(34)32(26(35)16-22)40-17-19-12-13-20-8-4-5-9-21(20)14-19/h4-16,28,36H,3,17H2,1-2H3/t28-/m0/s1. The molecule has 0 radical (unpaired) electrons. The van der Waals surface area contributed by atoms with E-state index in [1.165, 1.54) is 0 Å². The Labute approximate surface area is 242 Å². The van der Waals surface area contributed by atoms with Gasteiger partial charge >= 0.3 is 5.97 Å². The molecule has 1 N–H and O–H groups in total. The lowest BCUT2D eigenvalue weighted by Gasteiger charge is -2.29. The molecule has 0 bridgehead atoms. The van der Waals surface area contributed by atoms with Gasteiger partial charge in [-0.25, -0.2) is 4.79 Å². The first-order valence-corrected chi connectivity index (χ1v) is 13.8. The number of ketones is 1. The second-order valence-corrected chi connectivity index (χ2v) is 10.6. The van der Waals surface area contributed by atoms with Crippen molar-refractivity contribution >= 4 is 51.4 Å². The predicted octanol–water partition coefficient (Wildman–Crippen LogP) is 7.86. The summed E-state index contributed by atoms with van der Waals surface area (Å²) in [5.41, 5.74) is 5.05. The summed E-state index contributed by atoms with van der Waals surface area (Å²) < 4.78 is 11.5. The van der Waals surface area contributed by atoms with Crippen LogP contribution in [0.4, 0.5) is 0 Å². The molecule has 0 aromatic heterocycles. The number of carbonyl (C=O) groups excluding carboxylic acids is 2. The van der Waals surface area contributed by atoms with Gasteiger partial charge in [-0.1, -0.05) is 83.9 Å². The molecule has 5 nitrogen and oxygen atoms in total. The summed E-state index contributed by atoms with van der Waals surface area (Å²) in [5, 5.41) is 6.12. The molecule has 0 saturated heterocycles. The van der Waals surface area contributed by atoms with E-state index in [-0.39, 0.29) is 29.0 Å². The maximum atomic E-state index is 13.7. The van der Waals surface area contributed by atoms with Crippen molar-refractivity contribution < 1.29 is 19.1 Å². The van der Waals surface area contributed by atoms with Gasteiger partial charge in [0.2, 0.25) is 0 Å². The Morgan fingerprint density at radius 3 is 2.30 bits per heavy atom. The number of halogens is 2. The van der Waals surface area contributed by atoms with E-state index < -0.39 is 11.9 Å². The minimum absolute atomic E-state index is 0.152. The third-order valence-corrected chi connectivity index (χ3v) is 7.86. The highest BCUT2D eigenvalue weighted by Gasteiger charge is 2.43. The molecule has 1 aliphatic heterocycles. The van der Waals surface area contributed by atoms with Gasteiger partial charge in [0.05, 0.1) is 27.9 Å². The van der Waals surface area contributed by atoms with E-state index in [9.17, 15) is 9.59 Å². The number of ether oxygens (including phenoxy) is 2. The zero-order valence-electron chi connectivity index (χ0n) is 21.9. The number of allylic oxidation sites excluding steroid dienone is 2. The fraction of sp³-hybridized carbons (Fsp3) is 0.152. The molecule has 4 aromatic rings. The zero-order chi connectivity index (χ0) is 28.0. The van der Waals surface area contributed by atoms with Crippen LogP contribution in [0.3, 0.4) is 0 Å². The second-order valence-electron chi connectivity index (χ2n) is 9.76. The van der Waals surface area contributed by atoms with Gasteiger partial charge in [-0.2, -0.15) is 0 Å². The molecule has 7 heteroatoms. The summed E-state index contributed by atoms with van der Waals surface area (Å²) in [6, 6.07) is 25.0. The largest absolute Gasteiger partial charge is 0.486 e. The third kappa shape index (κ3) is 4.45. The number of fused-ring (bicyclic) bond motifs is 3. The van der Waals surface area contributed by atoms with Crippen LogP contribution in [0, 0.1) is 0 Å². The summed E-state index contributed by atoms with van der Waals surface area (Å²) in [4.78, 5) is 26.9. The number of nitrogens with one attached hydrogen (secondary N) is 1. The molecule has 1 atom stereocenters. The molecule has 0 fully saturated rings. The van der Waals surface area contributed by atoms with E-state index in [2.05, 4.69) is 23.5 Å². The quantitative estimate of drug-likeness (QED) is 0.239. The summed E-state index contributed by atoms with van der Waals surface area (Å²) >= 11 is 13.5. The van der Waals surface area contributed by atoms with Gasteiger partial charge in [-0.15, -0.1) is 0 Å². The average Bonchev–Trinajstić information content (AvgIpc) is 3.23. The van der Waals surface area contributed by atoms with Gasteiger partial charge in [0, 0.05) is 28.3 Å². The monoisotopic (exact) mass is 569 g/mol. The Bertz CT molecular complexity index is 1750. The van der Waals surface area contributed by atoms with Gasteiger partial charge in [0.25, 0.3) is 0 Å². The number of dihydropyridines is 1. The minimum atomic E-state index is -0.722. The number of hydrogen-bond acceptors (Lipinski definition) is 5. The van der Waals surface area contributed by atoms with Crippen molar-refractivity contribution in [2.75, 3.05) is 6.61 Å². The highest BCUT2D eigenvalue weighted by molar-refractivity contribution is 6.37. The molecule has 0 spiro atoms. The maximum Gasteiger partial charge on any atom is 0.336 e. The third-order valence-electron chi connectivity index (χ3n) is 7.30. The molecule has 1 heterocycles. The normalized spacial score (nSPS) is 16.1. The maximum absolute atomic E-state index is 13.7. The Morgan fingerprint density at radius 2 is 1.57 bits per heavy atom. The van der Waals surface area contributed by atoms with Crippen molar-refractivity contribution in [1.82, 2.24) is 5.32 Å². The number of rotatable bonds is 6. The lowest BCUT2D eigenvalue weighted by atomic mass is 9.80. The van der Waals surface area contributed by atoms with E-state index >= 15 is 0 Å². The Kier molecular flexibility index (Phi) is 6.87. The first kappa shape index (κ1) is 26.2. The van der Waals surface area contributed by atoms with Crippen molar-refractivity contribution in [2.24, 2.45) is 0 Å². The van der Waals surface area contributed by atoms with E-state index in [1.54, 1.807) is 32.0 Å². The van der Waals surface area contributed by atoms with Crippen molar-refractivity contribution in [1.29, 1.82) is 0 Å². The molecule has 0 unspecified atom stereocenters. The van der Waals surface area contributed by atoms with Crippen LogP contribution in [0.15, 0.2) is 95.7 Å². The Morgan fingerprint density at radius 1 is 0.900 bits per heavy atom. The minimum Gasteiger partial charge on any atom is -0.486 e. The number of hydrogen-bond donors (Lipinski definition) is 1. The molecule has 4 aromatic carbocycles. The number of esters is 1. The van der Waals surface area contributed by atoms with E-state index in [0.29, 0.717) is 39.4 Å². The Balaban J connectivity index is 1.38. The SMILES string of the molecule is CCOC(=O)C1=C(C)NC2=C(C(=O)c3ccccc32)[C@H]1c1cc(Cl)c(OCc2ccc3ccccc3c2)c(Cl)c1. The first-order chi connectivity index (χ1) is 19.4. The second kappa shape index (κ2) is 10.5. The van der Waals surface area contributed by atoms with Gasteiger partial charge in [-0.3, -0.25) is 4.79 Å². The van der Waals surface area contributed by atoms with Crippen LogP contribution in [0.1, 0.15) is 46.8 Å². The van der Waals surface area contributed by atoms with E-state index in [4.69, 9.17) is 32.7 Å². The van der Waals surface area contributed by atoms with Crippen LogP contribution in [0.5, 0.6) is 5.75 Å². The highest BCUT2D eigenvalue weighted by atomic mass is 35.5. The summed E-state index contributed by atoms with van der Waals surface area (Å²) in [7, 11) is 0. The van der Waals surface area contributed by atoms with Crippen LogP contribution in [0.25, 0.3) is 16.5 Å². The van der Waals surface area contributed by atoms with Crippen LogP contribution in [-0.4, -0.2) is 18.4 Å². The summed E-state index contributed by atoms with van der Waals surface area (Å²) in [5.74, 6) is -1.04. The molecule has 1 aliphatic carbocycles. The van der Waals surface area contributed by atoms with Crippen molar-refractivity contribution in [2.45, 2.75) is 26.4 Å². The molecule has 6 rings (SSSR count). The van der Waals surface area contributed by atoms with Gasteiger partial charge in [0.1, 0.15) is 6.61 Å². The molecule has 200 valence electrons. The van der Waals surface area contributed by atoms with E-state index in [0.717, 1.165) is 21.9 Å². The molecule has 2 aliphatic rings. The van der Waals surface area contributed by atoms with Gasteiger partial charge in [-0.05, 0) is 53.9 Å². The number of Topliss-reactive ketones (excluding diaryl/α,β-unsaturated/α-hetero) is 1. The highest BCUT2D eigenvalue weighted by Crippen LogP contribution is 2.48.